The molecular weight excluding hydrogens is 314 g/mol. The van der Waals surface area contributed by atoms with E-state index >= 15 is 0 Å². The standard InChI is InChI=1S/C13H12BrNO4/c1-5(16)6-3-8(13(17)18-2)15-11-10(6)7(14)4-9-12(11)19-9/h3,7,9,12H,4H2,1-2H3/t7-,9-,12-/m0/s1. The SMILES string of the molecule is COC(=O)c1cc(C(C)=O)c2c(n1)[C@H]1O[C@H]1C[C@@H]2Br. The van der Waals surface area contributed by atoms with E-state index in [9.17, 15) is 9.59 Å². The van der Waals surface area contributed by atoms with E-state index in [1.807, 2.05) is 0 Å². The first-order valence-corrected chi connectivity index (χ1v) is 6.88. The number of nitrogens with zero attached hydrogens (tertiary/aromatic N) is 1. The van der Waals surface area contributed by atoms with Crippen molar-refractivity contribution in [3.63, 3.8) is 0 Å². The maximum atomic E-state index is 11.8. The van der Waals surface area contributed by atoms with Crippen LogP contribution in [0.25, 0.3) is 0 Å². The first-order valence-electron chi connectivity index (χ1n) is 5.96. The third kappa shape index (κ3) is 1.99. The van der Waals surface area contributed by atoms with Gasteiger partial charge in [0.1, 0.15) is 11.8 Å². The van der Waals surface area contributed by atoms with Gasteiger partial charge in [-0.2, -0.15) is 0 Å². The number of ketones is 1. The summed E-state index contributed by atoms with van der Waals surface area (Å²) in [6.45, 7) is 1.48. The first-order chi connectivity index (χ1) is 9.02. The van der Waals surface area contributed by atoms with Gasteiger partial charge in [-0.05, 0) is 19.4 Å². The lowest BCUT2D eigenvalue weighted by Gasteiger charge is -2.20. The number of esters is 1. The lowest BCUT2D eigenvalue weighted by Crippen LogP contribution is -2.17. The summed E-state index contributed by atoms with van der Waals surface area (Å²) >= 11 is 3.56. The van der Waals surface area contributed by atoms with E-state index in [0.29, 0.717) is 11.3 Å². The predicted molar refractivity (Wildman–Crippen MR) is 69.5 cm³/mol. The second-order valence-corrected chi connectivity index (χ2v) is 5.81. The minimum atomic E-state index is -0.542. The number of ether oxygens (including phenoxy) is 2. The number of carbonyl (C=O) groups is 2. The number of fused-ring (bicyclic) bond motifs is 3. The minimum Gasteiger partial charge on any atom is -0.464 e. The van der Waals surface area contributed by atoms with E-state index in [1.165, 1.54) is 20.1 Å². The molecule has 2 aliphatic rings. The molecule has 5 nitrogen and oxygen atoms in total. The summed E-state index contributed by atoms with van der Waals surface area (Å²) in [6.07, 6.45) is 0.862. The predicted octanol–water partition coefficient (Wildman–Crippen LogP) is 2.35. The molecule has 100 valence electrons. The number of epoxide rings is 1. The lowest BCUT2D eigenvalue weighted by atomic mass is 9.90. The molecule has 0 aromatic carbocycles. The third-order valence-electron chi connectivity index (χ3n) is 3.47. The molecule has 0 N–H and O–H groups in total. The van der Waals surface area contributed by atoms with Crippen molar-refractivity contribution < 1.29 is 19.1 Å². The Morgan fingerprint density at radius 2 is 2.26 bits per heavy atom. The molecule has 0 saturated carbocycles. The van der Waals surface area contributed by atoms with E-state index in [0.717, 1.165) is 12.0 Å². The van der Waals surface area contributed by atoms with Crippen LogP contribution in [0.3, 0.4) is 0 Å². The second-order valence-electron chi connectivity index (χ2n) is 4.70. The maximum Gasteiger partial charge on any atom is 0.356 e. The van der Waals surface area contributed by atoms with Gasteiger partial charge in [-0.25, -0.2) is 9.78 Å². The largest absolute Gasteiger partial charge is 0.464 e. The molecule has 6 heteroatoms. The van der Waals surface area contributed by atoms with Gasteiger partial charge in [-0.1, -0.05) is 15.9 Å². The summed E-state index contributed by atoms with van der Waals surface area (Å²) in [4.78, 5) is 27.8. The highest BCUT2D eigenvalue weighted by Gasteiger charge is 2.49. The molecule has 0 unspecified atom stereocenters. The molecule has 1 aromatic heterocycles. The fourth-order valence-corrected chi connectivity index (χ4v) is 3.36. The molecule has 3 atom stereocenters. The van der Waals surface area contributed by atoms with Crippen LogP contribution in [-0.2, 0) is 9.47 Å². The van der Waals surface area contributed by atoms with E-state index in [1.54, 1.807) is 0 Å². The van der Waals surface area contributed by atoms with Gasteiger partial charge in [0.05, 0.1) is 18.9 Å². The highest BCUT2D eigenvalue weighted by molar-refractivity contribution is 9.09. The fraction of sp³-hybridized carbons (Fsp3) is 0.462. The molecule has 1 aromatic rings. The molecule has 0 spiro atoms. The van der Waals surface area contributed by atoms with Gasteiger partial charge in [0.2, 0.25) is 0 Å². The first kappa shape index (κ1) is 12.7. The summed E-state index contributed by atoms with van der Waals surface area (Å²) < 4.78 is 10.2. The van der Waals surface area contributed by atoms with Gasteiger partial charge in [-0.3, -0.25) is 4.79 Å². The van der Waals surface area contributed by atoms with Crippen LogP contribution in [0.1, 0.15) is 56.4 Å². The fourth-order valence-electron chi connectivity index (χ4n) is 2.51. The number of hydrogen-bond acceptors (Lipinski definition) is 5. The van der Waals surface area contributed by atoms with Crippen molar-refractivity contribution in [2.24, 2.45) is 0 Å². The Hall–Kier alpha value is -1.27. The highest BCUT2D eigenvalue weighted by atomic mass is 79.9. The molecule has 2 heterocycles. The van der Waals surface area contributed by atoms with E-state index < -0.39 is 5.97 Å². The number of carbonyl (C=O) groups excluding carboxylic acids is 2. The monoisotopic (exact) mass is 325 g/mol. The highest BCUT2D eigenvalue weighted by Crippen LogP contribution is 2.53. The van der Waals surface area contributed by atoms with Crippen LogP contribution in [0.2, 0.25) is 0 Å². The molecule has 3 rings (SSSR count). The zero-order valence-corrected chi connectivity index (χ0v) is 12.1. The third-order valence-corrected chi connectivity index (χ3v) is 4.30. The van der Waals surface area contributed by atoms with Crippen molar-refractivity contribution in [2.75, 3.05) is 7.11 Å². The molecule has 19 heavy (non-hydrogen) atoms. The average Bonchev–Trinajstić information content (AvgIpc) is 3.15. The topological polar surface area (TPSA) is 68.8 Å². The molecule has 1 aliphatic heterocycles. The van der Waals surface area contributed by atoms with Gasteiger partial charge >= 0.3 is 5.97 Å². The average molecular weight is 326 g/mol. The van der Waals surface area contributed by atoms with E-state index in [4.69, 9.17) is 4.74 Å². The number of methoxy groups -OCH3 is 1. The summed E-state index contributed by atoms with van der Waals surface area (Å²) in [5.74, 6) is -0.633. The molecule has 1 saturated heterocycles. The quantitative estimate of drug-likeness (QED) is 0.361. The molecule has 1 fully saturated rings. The summed E-state index contributed by atoms with van der Waals surface area (Å²) in [5.41, 5.74) is 2.20. The Morgan fingerprint density at radius 1 is 1.53 bits per heavy atom. The van der Waals surface area contributed by atoms with Gasteiger partial charge < -0.3 is 9.47 Å². The van der Waals surface area contributed by atoms with Gasteiger partial charge in [0, 0.05) is 16.0 Å². The summed E-state index contributed by atoms with van der Waals surface area (Å²) in [5, 5.41) is 0. The number of alkyl halides is 1. The lowest BCUT2D eigenvalue weighted by molar-refractivity contribution is 0.0593. The Kier molecular flexibility index (Phi) is 2.94. The van der Waals surface area contributed by atoms with Crippen LogP contribution in [0.4, 0.5) is 0 Å². The van der Waals surface area contributed by atoms with Gasteiger partial charge in [0.15, 0.2) is 5.78 Å². The number of halogens is 1. The van der Waals surface area contributed by atoms with Crippen LogP contribution < -0.4 is 0 Å². The van der Waals surface area contributed by atoms with E-state index in [-0.39, 0.29) is 28.5 Å². The van der Waals surface area contributed by atoms with Crippen LogP contribution in [0.15, 0.2) is 6.07 Å². The minimum absolute atomic E-state index is 0.0318. The Labute approximate surface area is 118 Å². The molecular formula is C13H12BrNO4. The number of hydrogen-bond donors (Lipinski definition) is 0. The number of pyridine rings is 1. The molecule has 0 radical (unpaired) electrons. The Balaban J connectivity index is 2.20. The Bertz CT molecular complexity index is 586. The van der Waals surface area contributed by atoms with Crippen molar-refractivity contribution in [3.8, 4) is 0 Å². The maximum absolute atomic E-state index is 11.8. The van der Waals surface area contributed by atoms with Crippen molar-refractivity contribution >= 4 is 27.7 Å². The zero-order chi connectivity index (χ0) is 13.7. The number of aromatic nitrogens is 1. The normalized spacial score (nSPS) is 27.2. The molecule has 0 bridgehead atoms. The van der Waals surface area contributed by atoms with Crippen LogP contribution >= 0.6 is 15.9 Å². The van der Waals surface area contributed by atoms with E-state index in [2.05, 4.69) is 25.7 Å². The van der Waals surface area contributed by atoms with Gasteiger partial charge in [-0.15, -0.1) is 0 Å². The smallest absolute Gasteiger partial charge is 0.356 e. The van der Waals surface area contributed by atoms with Crippen LogP contribution in [0.5, 0.6) is 0 Å². The molecule has 1 aliphatic carbocycles. The zero-order valence-electron chi connectivity index (χ0n) is 10.5. The van der Waals surface area contributed by atoms with Crippen LogP contribution in [0, 0.1) is 0 Å². The van der Waals surface area contributed by atoms with Crippen molar-refractivity contribution in [1.82, 2.24) is 4.98 Å². The summed E-state index contributed by atoms with van der Waals surface area (Å²) in [7, 11) is 1.29. The molecule has 0 amide bonds. The number of rotatable bonds is 2. The Morgan fingerprint density at radius 3 is 2.89 bits per heavy atom. The van der Waals surface area contributed by atoms with Gasteiger partial charge in [0.25, 0.3) is 0 Å². The van der Waals surface area contributed by atoms with Crippen molar-refractivity contribution in [2.45, 2.75) is 30.4 Å². The number of Topliss-reactive ketones (excluding diaryl/α,β-unsaturated/α-hetero) is 1. The summed E-state index contributed by atoms with van der Waals surface area (Å²) in [6, 6.07) is 1.50. The van der Waals surface area contributed by atoms with Crippen molar-refractivity contribution in [1.29, 1.82) is 0 Å². The van der Waals surface area contributed by atoms with Crippen LogP contribution in [-0.4, -0.2) is 30.0 Å². The van der Waals surface area contributed by atoms with Crippen molar-refractivity contribution in [3.05, 3.63) is 28.6 Å². The second kappa shape index (κ2) is 4.38.